The number of rotatable bonds is 11. The highest BCUT2D eigenvalue weighted by atomic mass is 16.4. The molecule has 2 N–H and O–H groups in total. The summed E-state index contributed by atoms with van der Waals surface area (Å²) in [5.41, 5.74) is 0. The Kier molecular flexibility index (Phi) is 10.3. The first-order valence-electron chi connectivity index (χ1n) is 6.81. The zero-order chi connectivity index (χ0) is 13.8. The Morgan fingerprint density at radius 1 is 1.11 bits per heavy atom. The Morgan fingerprint density at radius 2 is 1.78 bits per heavy atom. The van der Waals surface area contributed by atoms with Crippen molar-refractivity contribution in [2.24, 2.45) is 0 Å². The number of carbonyl (C=O) groups excluding carboxylic acids is 1. The monoisotopic (exact) mass is 258 g/mol. The third-order valence-electron chi connectivity index (χ3n) is 2.78. The van der Waals surface area contributed by atoms with Crippen molar-refractivity contribution in [3.8, 4) is 0 Å². The summed E-state index contributed by atoms with van der Waals surface area (Å²) in [6.45, 7) is 7.87. The molecule has 106 valence electrons. The number of carbonyl (C=O) groups is 2. The van der Waals surface area contributed by atoms with Gasteiger partial charge in [0.15, 0.2) is 0 Å². The average molecular weight is 258 g/mol. The van der Waals surface area contributed by atoms with E-state index in [-0.39, 0.29) is 12.3 Å². The molecule has 0 aromatic heterocycles. The third kappa shape index (κ3) is 10.1. The van der Waals surface area contributed by atoms with E-state index < -0.39 is 5.97 Å². The van der Waals surface area contributed by atoms with Gasteiger partial charge in [-0.25, -0.2) is 0 Å². The highest BCUT2D eigenvalue weighted by Gasteiger charge is 2.04. The van der Waals surface area contributed by atoms with E-state index in [1.165, 1.54) is 0 Å². The van der Waals surface area contributed by atoms with Crippen LogP contribution in [0.15, 0.2) is 0 Å². The molecule has 0 aliphatic rings. The lowest BCUT2D eigenvalue weighted by Gasteiger charge is -2.19. The molecule has 0 spiro atoms. The van der Waals surface area contributed by atoms with Crippen molar-refractivity contribution in [3.05, 3.63) is 0 Å². The quantitative estimate of drug-likeness (QED) is 0.551. The van der Waals surface area contributed by atoms with E-state index in [1.54, 1.807) is 0 Å². The molecule has 0 aromatic rings. The normalized spacial score (nSPS) is 10.6. The number of nitrogens with one attached hydrogen (secondary N) is 1. The van der Waals surface area contributed by atoms with E-state index in [0.717, 1.165) is 26.1 Å². The molecule has 5 heteroatoms. The first-order valence-corrected chi connectivity index (χ1v) is 6.81. The summed E-state index contributed by atoms with van der Waals surface area (Å²) in [4.78, 5) is 24.0. The van der Waals surface area contributed by atoms with E-state index in [9.17, 15) is 9.59 Å². The predicted molar refractivity (Wildman–Crippen MR) is 71.5 cm³/mol. The fourth-order valence-electron chi connectivity index (χ4n) is 1.75. The number of hydrogen-bond acceptors (Lipinski definition) is 3. The molecule has 0 rings (SSSR count). The minimum absolute atomic E-state index is 0.0212. The lowest BCUT2D eigenvalue weighted by atomic mass is 10.2. The number of nitrogens with zero attached hydrogens (tertiary/aromatic N) is 1. The van der Waals surface area contributed by atoms with Crippen molar-refractivity contribution in [3.63, 3.8) is 0 Å². The Bertz CT molecular complexity index is 244. The van der Waals surface area contributed by atoms with Crippen molar-refractivity contribution in [1.82, 2.24) is 10.2 Å². The zero-order valence-corrected chi connectivity index (χ0v) is 11.6. The average Bonchev–Trinajstić information content (AvgIpc) is 2.33. The second-order valence-electron chi connectivity index (χ2n) is 4.39. The minimum Gasteiger partial charge on any atom is -0.481 e. The lowest BCUT2D eigenvalue weighted by Crippen LogP contribution is -2.35. The molecular formula is C13H26N2O3. The fraction of sp³-hybridized carbons (Fsp3) is 0.846. The van der Waals surface area contributed by atoms with Gasteiger partial charge in [0.2, 0.25) is 5.91 Å². The molecule has 0 aliphatic carbocycles. The summed E-state index contributed by atoms with van der Waals surface area (Å²) in [5.74, 6) is -0.776. The van der Waals surface area contributed by atoms with Gasteiger partial charge < -0.3 is 15.3 Å². The van der Waals surface area contributed by atoms with Crippen molar-refractivity contribution in [1.29, 1.82) is 0 Å². The van der Waals surface area contributed by atoms with Crippen LogP contribution >= 0.6 is 0 Å². The summed E-state index contributed by atoms with van der Waals surface area (Å²) in [6.07, 6.45) is 2.90. The van der Waals surface area contributed by atoms with Gasteiger partial charge in [-0.2, -0.15) is 0 Å². The van der Waals surface area contributed by atoms with Gasteiger partial charge in [0.1, 0.15) is 0 Å². The summed E-state index contributed by atoms with van der Waals surface area (Å²) in [5, 5.41) is 11.3. The van der Waals surface area contributed by atoms with E-state index in [1.807, 2.05) is 0 Å². The topological polar surface area (TPSA) is 69.6 Å². The van der Waals surface area contributed by atoms with Gasteiger partial charge in [-0.1, -0.05) is 13.8 Å². The largest absolute Gasteiger partial charge is 0.481 e. The Balaban J connectivity index is 3.49. The Hall–Kier alpha value is -1.10. The maximum absolute atomic E-state index is 11.4. The van der Waals surface area contributed by atoms with Crippen LogP contribution in [0, 0.1) is 0 Å². The molecular weight excluding hydrogens is 232 g/mol. The van der Waals surface area contributed by atoms with Crippen LogP contribution in [-0.4, -0.2) is 48.1 Å². The van der Waals surface area contributed by atoms with Crippen molar-refractivity contribution < 1.29 is 14.7 Å². The lowest BCUT2D eigenvalue weighted by molar-refractivity contribution is -0.137. The van der Waals surface area contributed by atoms with Crippen LogP contribution in [0.25, 0.3) is 0 Å². The molecule has 0 fully saturated rings. The van der Waals surface area contributed by atoms with Crippen molar-refractivity contribution in [2.75, 3.05) is 26.2 Å². The van der Waals surface area contributed by atoms with Crippen LogP contribution < -0.4 is 5.32 Å². The van der Waals surface area contributed by atoms with Gasteiger partial charge in [0.25, 0.3) is 0 Å². The second kappa shape index (κ2) is 11.0. The molecule has 0 aromatic carbocycles. The van der Waals surface area contributed by atoms with Crippen LogP contribution in [0.3, 0.4) is 0 Å². The van der Waals surface area contributed by atoms with Crippen LogP contribution in [0.4, 0.5) is 0 Å². The molecule has 5 nitrogen and oxygen atoms in total. The van der Waals surface area contributed by atoms with Crippen molar-refractivity contribution in [2.45, 2.75) is 46.0 Å². The highest BCUT2D eigenvalue weighted by Crippen LogP contribution is 1.99. The van der Waals surface area contributed by atoms with Crippen LogP contribution in [0.1, 0.15) is 46.0 Å². The van der Waals surface area contributed by atoms with Gasteiger partial charge in [-0.05, 0) is 32.4 Å². The molecule has 0 saturated carbocycles. The maximum Gasteiger partial charge on any atom is 0.303 e. The fourth-order valence-corrected chi connectivity index (χ4v) is 1.75. The third-order valence-corrected chi connectivity index (χ3v) is 2.78. The first kappa shape index (κ1) is 16.9. The molecule has 0 atom stereocenters. The predicted octanol–water partition coefficient (Wildman–Crippen LogP) is 1.48. The van der Waals surface area contributed by atoms with Gasteiger partial charge in [-0.3, -0.25) is 9.59 Å². The van der Waals surface area contributed by atoms with E-state index in [4.69, 9.17) is 5.11 Å². The van der Waals surface area contributed by atoms with Crippen LogP contribution in [0.5, 0.6) is 0 Å². The highest BCUT2D eigenvalue weighted by molar-refractivity contribution is 5.75. The SMILES string of the molecule is CCCN(CC)CCNC(=O)CCCCC(=O)O. The van der Waals surface area contributed by atoms with Crippen LogP contribution in [-0.2, 0) is 9.59 Å². The van der Waals surface area contributed by atoms with Gasteiger partial charge in [0.05, 0.1) is 0 Å². The minimum atomic E-state index is -0.798. The zero-order valence-electron chi connectivity index (χ0n) is 11.6. The Labute approximate surface area is 110 Å². The van der Waals surface area contributed by atoms with E-state index in [2.05, 4.69) is 24.1 Å². The molecule has 0 unspecified atom stereocenters. The molecule has 1 amide bonds. The maximum atomic E-state index is 11.4. The van der Waals surface area contributed by atoms with Crippen LogP contribution in [0.2, 0.25) is 0 Å². The first-order chi connectivity index (χ1) is 8.60. The summed E-state index contributed by atoms with van der Waals surface area (Å²) < 4.78 is 0. The molecule has 0 bridgehead atoms. The van der Waals surface area contributed by atoms with Gasteiger partial charge in [-0.15, -0.1) is 0 Å². The standard InChI is InChI=1S/C13H26N2O3/c1-3-10-15(4-2)11-9-14-12(16)7-5-6-8-13(17)18/h3-11H2,1-2H3,(H,14,16)(H,17,18). The number of carboxylic acid groups (broad SMARTS) is 1. The van der Waals surface area contributed by atoms with Gasteiger partial charge in [0, 0.05) is 25.9 Å². The van der Waals surface area contributed by atoms with E-state index >= 15 is 0 Å². The van der Waals surface area contributed by atoms with Crippen molar-refractivity contribution >= 4 is 11.9 Å². The summed E-state index contributed by atoms with van der Waals surface area (Å²) >= 11 is 0. The number of carboxylic acids is 1. The summed E-state index contributed by atoms with van der Waals surface area (Å²) in [7, 11) is 0. The molecule has 0 saturated heterocycles. The number of likely N-dealkylation sites (N-methyl/N-ethyl adjacent to an activating group) is 1. The summed E-state index contributed by atoms with van der Waals surface area (Å²) in [6, 6.07) is 0. The second-order valence-corrected chi connectivity index (χ2v) is 4.39. The molecule has 0 radical (unpaired) electrons. The number of aliphatic carboxylic acids is 1. The molecule has 18 heavy (non-hydrogen) atoms. The number of amides is 1. The molecule has 0 aliphatic heterocycles. The number of unbranched alkanes of at least 4 members (excludes halogenated alkanes) is 1. The van der Waals surface area contributed by atoms with E-state index in [0.29, 0.717) is 25.8 Å². The smallest absolute Gasteiger partial charge is 0.303 e. The molecule has 0 heterocycles. The van der Waals surface area contributed by atoms with Gasteiger partial charge >= 0.3 is 5.97 Å². The Morgan fingerprint density at radius 3 is 2.33 bits per heavy atom. The number of hydrogen-bond donors (Lipinski definition) is 2.